The number of carbonyl (C=O) groups is 2. The molecule has 0 amide bonds. The van der Waals surface area contributed by atoms with Crippen LogP contribution in [0.15, 0.2) is 0 Å². The molecule has 0 radical (unpaired) electrons. The van der Waals surface area contributed by atoms with E-state index in [1.807, 2.05) is 20.8 Å². The number of carbonyl (C=O) groups excluding carboxylic acids is 2. The van der Waals surface area contributed by atoms with Crippen LogP contribution in [0.5, 0.6) is 0 Å². The Balaban J connectivity index is 1.45. The molecule has 0 spiro atoms. The van der Waals surface area contributed by atoms with Crippen LogP contribution >= 0.6 is 0 Å². The number of rotatable bonds is 4. The summed E-state index contributed by atoms with van der Waals surface area (Å²) in [5.74, 6) is 3.52. The fourth-order valence-corrected chi connectivity index (χ4v) is 8.51. The van der Waals surface area contributed by atoms with Crippen LogP contribution < -0.4 is 5.73 Å². The summed E-state index contributed by atoms with van der Waals surface area (Å²) in [6.45, 7) is 10.7. The lowest BCUT2D eigenvalue weighted by molar-refractivity contribution is -0.165. The lowest BCUT2D eigenvalue weighted by Gasteiger charge is -2.61. The number of Topliss-reactive ketones (excluding diaryl/α,β-unsaturated/α-hetero) is 1. The summed E-state index contributed by atoms with van der Waals surface area (Å²) in [5, 5.41) is 0. The van der Waals surface area contributed by atoms with Gasteiger partial charge in [0.25, 0.3) is 0 Å². The van der Waals surface area contributed by atoms with Crippen LogP contribution in [0.25, 0.3) is 0 Å². The zero-order valence-corrected chi connectivity index (χ0v) is 19.8. The Labute approximate surface area is 183 Å². The molecular weight excluding hydrogens is 374 g/mol. The second kappa shape index (κ2) is 7.90. The zero-order chi connectivity index (χ0) is 21.8. The Kier molecular flexibility index (Phi) is 5.87. The highest BCUT2D eigenvalue weighted by atomic mass is 16.5. The molecule has 4 aliphatic rings. The number of ether oxygens (including phenoxy) is 1. The van der Waals surface area contributed by atoms with E-state index in [9.17, 15) is 9.59 Å². The normalized spacial score (nSPS) is 46.5. The van der Waals surface area contributed by atoms with Crippen LogP contribution in [0.1, 0.15) is 92.4 Å². The lowest BCUT2D eigenvalue weighted by atomic mass is 9.44. The van der Waals surface area contributed by atoms with Crippen LogP contribution in [-0.2, 0) is 14.3 Å². The first-order valence-electron chi connectivity index (χ1n) is 12.5. The van der Waals surface area contributed by atoms with E-state index in [0.29, 0.717) is 17.1 Å². The summed E-state index contributed by atoms with van der Waals surface area (Å²) in [6, 6.07) is -0.512. The maximum atomic E-state index is 12.4. The number of esters is 1. The monoisotopic (exact) mass is 417 g/mol. The third kappa shape index (κ3) is 3.45. The van der Waals surface area contributed by atoms with Crippen molar-refractivity contribution in [3.63, 3.8) is 0 Å². The summed E-state index contributed by atoms with van der Waals surface area (Å²) in [6.07, 6.45) is 10.6. The minimum absolute atomic E-state index is 0.0411. The van der Waals surface area contributed by atoms with Crippen molar-refractivity contribution in [2.45, 2.75) is 105 Å². The molecule has 0 aromatic rings. The Morgan fingerprint density at radius 3 is 2.27 bits per heavy atom. The van der Waals surface area contributed by atoms with E-state index in [4.69, 9.17) is 10.5 Å². The van der Waals surface area contributed by atoms with Gasteiger partial charge >= 0.3 is 5.97 Å². The highest BCUT2D eigenvalue weighted by Crippen LogP contribution is 2.67. The predicted molar refractivity (Wildman–Crippen MR) is 119 cm³/mol. The molecule has 0 aliphatic heterocycles. The minimum Gasteiger partial charge on any atom is -0.461 e. The van der Waals surface area contributed by atoms with Gasteiger partial charge in [-0.2, -0.15) is 0 Å². The number of hydrogen-bond donors (Lipinski definition) is 1. The van der Waals surface area contributed by atoms with Crippen molar-refractivity contribution >= 4 is 11.8 Å². The first-order chi connectivity index (χ1) is 14.1. The van der Waals surface area contributed by atoms with Crippen molar-refractivity contribution in [1.29, 1.82) is 0 Å². The first-order valence-corrected chi connectivity index (χ1v) is 12.5. The Bertz CT molecular complexity index is 690. The molecule has 4 saturated carbocycles. The van der Waals surface area contributed by atoms with Crippen molar-refractivity contribution < 1.29 is 14.3 Å². The molecule has 4 unspecified atom stereocenters. The third-order valence-corrected chi connectivity index (χ3v) is 10.4. The highest BCUT2D eigenvalue weighted by Gasteiger charge is 2.60. The van der Waals surface area contributed by atoms with Crippen molar-refractivity contribution in [2.75, 3.05) is 0 Å². The average Bonchev–Trinajstić information content (AvgIpc) is 3.05. The molecule has 170 valence electrons. The Hall–Kier alpha value is -0.900. The molecule has 0 heterocycles. The van der Waals surface area contributed by atoms with E-state index < -0.39 is 6.04 Å². The lowest BCUT2D eigenvalue weighted by Crippen LogP contribution is -2.54. The van der Waals surface area contributed by atoms with Gasteiger partial charge in [-0.25, -0.2) is 0 Å². The van der Waals surface area contributed by atoms with Gasteiger partial charge in [0.2, 0.25) is 0 Å². The van der Waals surface area contributed by atoms with E-state index in [0.717, 1.165) is 43.4 Å². The summed E-state index contributed by atoms with van der Waals surface area (Å²) in [4.78, 5) is 24.7. The summed E-state index contributed by atoms with van der Waals surface area (Å²) in [7, 11) is 0. The quantitative estimate of drug-likeness (QED) is 0.644. The molecule has 0 aromatic heterocycles. The molecule has 2 N–H and O–H groups in total. The number of ketones is 1. The van der Waals surface area contributed by atoms with E-state index in [1.54, 1.807) is 0 Å². The molecule has 0 bridgehead atoms. The molecule has 4 heteroatoms. The van der Waals surface area contributed by atoms with Gasteiger partial charge in [0.1, 0.15) is 17.9 Å². The van der Waals surface area contributed by atoms with E-state index in [2.05, 4.69) is 13.8 Å². The molecule has 9 atom stereocenters. The molecule has 30 heavy (non-hydrogen) atoms. The molecule has 4 fully saturated rings. The van der Waals surface area contributed by atoms with Crippen LogP contribution in [0.4, 0.5) is 0 Å². The maximum Gasteiger partial charge on any atom is 0.323 e. The molecule has 0 saturated heterocycles. The van der Waals surface area contributed by atoms with E-state index in [-0.39, 0.29) is 29.3 Å². The van der Waals surface area contributed by atoms with Crippen LogP contribution in [0, 0.1) is 46.3 Å². The first kappa shape index (κ1) is 22.3. The number of fused-ring (bicyclic) bond motifs is 5. The van der Waals surface area contributed by atoms with Crippen molar-refractivity contribution in [3.8, 4) is 0 Å². The van der Waals surface area contributed by atoms with Crippen molar-refractivity contribution in [2.24, 2.45) is 52.1 Å². The van der Waals surface area contributed by atoms with Gasteiger partial charge in [-0.3, -0.25) is 9.59 Å². The summed E-state index contributed by atoms with van der Waals surface area (Å²) in [5.41, 5.74) is 6.61. The Morgan fingerprint density at radius 2 is 1.60 bits per heavy atom. The second-order valence-electron chi connectivity index (χ2n) is 12.0. The molecule has 4 rings (SSSR count). The highest BCUT2D eigenvalue weighted by molar-refractivity contribution is 5.79. The molecular formula is C26H43NO3. The van der Waals surface area contributed by atoms with Crippen molar-refractivity contribution in [3.05, 3.63) is 0 Å². The van der Waals surface area contributed by atoms with Gasteiger partial charge < -0.3 is 10.5 Å². The number of nitrogens with two attached hydrogens (primary N) is 1. The van der Waals surface area contributed by atoms with Crippen LogP contribution in [-0.4, -0.2) is 23.9 Å². The maximum absolute atomic E-state index is 12.4. The molecule has 0 aromatic carbocycles. The summed E-state index contributed by atoms with van der Waals surface area (Å²) >= 11 is 0. The van der Waals surface area contributed by atoms with Crippen LogP contribution in [0.3, 0.4) is 0 Å². The fourth-order valence-electron chi connectivity index (χ4n) is 8.51. The van der Waals surface area contributed by atoms with Gasteiger partial charge in [0, 0.05) is 5.92 Å². The largest absolute Gasteiger partial charge is 0.461 e. The fraction of sp³-hybridized carbons (Fsp3) is 0.923. The van der Waals surface area contributed by atoms with Gasteiger partial charge in [0.15, 0.2) is 0 Å². The Morgan fingerprint density at radius 1 is 0.933 bits per heavy atom. The van der Waals surface area contributed by atoms with Gasteiger partial charge in [0.05, 0.1) is 0 Å². The standard InChI is InChI=1S/C26H43NO3/c1-15(2)23(27)24(29)30-18-10-12-25(4)17(14-18)6-7-19-21-9-8-20(16(3)28)26(21,5)13-11-22(19)25/h15,17-23H,6-14,27H2,1-5H3/t17?,18-,19?,20-,21?,22?,23+,25+,26-/m1/s1. The van der Waals surface area contributed by atoms with Gasteiger partial charge in [-0.15, -0.1) is 0 Å². The second-order valence-corrected chi connectivity index (χ2v) is 12.0. The average molecular weight is 418 g/mol. The number of hydrogen-bond acceptors (Lipinski definition) is 4. The third-order valence-electron chi connectivity index (χ3n) is 10.4. The van der Waals surface area contributed by atoms with E-state index >= 15 is 0 Å². The van der Waals surface area contributed by atoms with Crippen molar-refractivity contribution in [1.82, 2.24) is 0 Å². The smallest absolute Gasteiger partial charge is 0.323 e. The van der Waals surface area contributed by atoms with Gasteiger partial charge in [-0.05, 0) is 105 Å². The topological polar surface area (TPSA) is 69.4 Å². The minimum atomic E-state index is -0.512. The SMILES string of the molecule is CC(=O)[C@H]1CCC2C3CCC4C[C@H](OC(=O)[C@@H](N)C(C)C)CC[C@]4(C)C3CC[C@@]21C. The molecule has 4 aliphatic carbocycles. The summed E-state index contributed by atoms with van der Waals surface area (Å²) < 4.78 is 5.87. The van der Waals surface area contributed by atoms with Crippen LogP contribution in [0.2, 0.25) is 0 Å². The van der Waals surface area contributed by atoms with Gasteiger partial charge in [-0.1, -0.05) is 27.7 Å². The zero-order valence-electron chi connectivity index (χ0n) is 19.8. The van der Waals surface area contributed by atoms with E-state index in [1.165, 1.54) is 32.1 Å². The predicted octanol–water partition coefficient (Wildman–Crippen LogP) is 5.13. The molecule has 4 nitrogen and oxygen atoms in total.